The molecular formula is C12H25N3O2. The summed E-state index contributed by atoms with van der Waals surface area (Å²) in [6, 6.07) is 0.0767. The standard InChI is InChI=1S/C12H25N3O2/c1-11(10-17-2)14-12(16)9-13-5-8-15-6-3-4-7-15/h11,13H,3-10H2,1-2H3,(H,14,16). The van der Waals surface area contributed by atoms with Crippen LogP contribution in [0.3, 0.4) is 0 Å². The highest BCUT2D eigenvalue weighted by atomic mass is 16.5. The third-order valence-electron chi connectivity index (χ3n) is 2.91. The van der Waals surface area contributed by atoms with Crippen molar-refractivity contribution in [3.05, 3.63) is 0 Å². The molecule has 0 radical (unpaired) electrons. The Morgan fingerprint density at radius 3 is 2.76 bits per heavy atom. The highest BCUT2D eigenvalue weighted by Gasteiger charge is 2.11. The summed E-state index contributed by atoms with van der Waals surface area (Å²) in [4.78, 5) is 13.9. The molecule has 1 aliphatic heterocycles. The van der Waals surface area contributed by atoms with Gasteiger partial charge in [-0.15, -0.1) is 0 Å². The average molecular weight is 243 g/mol. The van der Waals surface area contributed by atoms with E-state index < -0.39 is 0 Å². The van der Waals surface area contributed by atoms with Gasteiger partial charge in [0.1, 0.15) is 0 Å². The third kappa shape index (κ3) is 6.61. The summed E-state index contributed by atoms with van der Waals surface area (Å²) in [6.45, 7) is 7.22. The number of nitrogens with one attached hydrogen (secondary N) is 2. The topological polar surface area (TPSA) is 53.6 Å². The van der Waals surface area contributed by atoms with Crippen LogP contribution in [0.25, 0.3) is 0 Å². The lowest BCUT2D eigenvalue weighted by Gasteiger charge is -2.16. The summed E-state index contributed by atoms with van der Waals surface area (Å²) in [5.41, 5.74) is 0. The molecule has 5 heteroatoms. The summed E-state index contributed by atoms with van der Waals surface area (Å²) in [5.74, 6) is 0.0379. The van der Waals surface area contributed by atoms with Crippen LogP contribution in [-0.4, -0.2) is 63.3 Å². The van der Waals surface area contributed by atoms with E-state index >= 15 is 0 Å². The molecule has 0 aromatic rings. The first kappa shape index (κ1) is 14.4. The van der Waals surface area contributed by atoms with Crippen LogP contribution in [0.15, 0.2) is 0 Å². The summed E-state index contributed by atoms with van der Waals surface area (Å²) in [7, 11) is 1.64. The number of carbonyl (C=O) groups is 1. The Hall–Kier alpha value is -0.650. The van der Waals surface area contributed by atoms with Gasteiger partial charge in [0.25, 0.3) is 0 Å². The molecule has 100 valence electrons. The van der Waals surface area contributed by atoms with Crippen molar-refractivity contribution in [3.63, 3.8) is 0 Å². The Balaban J connectivity index is 1.95. The molecule has 1 unspecified atom stereocenters. The van der Waals surface area contributed by atoms with Gasteiger partial charge < -0.3 is 20.3 Å². The fourth-order valence-corrected chi connectivity index (χ4v) is 2.06. The Morgan fingerprint density at radius 1 is 1.41 bits per heavy atom. The second-order valence-corrected chi connectivity index (χ2v) is 4.65. The lowest BCUT2D eigenvalue weighted by molar-refractivity contribution is -0.121. The van der Waals surface area contributed by atoms with Gasteiger partial charge in [0.15, 0.2) is 0 Å². The monoisotopic (exact) mass is 243 g/mol. The second-order valence-electron chi connectivity index (χ2n) is 4.65. The zero-order valence-corrected chi connectivity index (χ0v) is 11.0. The molecule has 0 saturated carbocycles. The van der Waals surface area contributed by atoms with E-state index in [1.165, 1.54) is 25.9 Å². The molecule has 0 spiro atoms. The van der Waals surface area contributed by atoms with Gasteiger partial charge in [0, 0.05) is 26.2 Å². The molecule has 1 saturated heterocycles. The summed E-state index contributed by atoms with van der Waals surface area (Å²) < 4.78 is 4.96. The number of amides is 1. The molecule has 17 heavy (non-hydrogen) atoms. The van der Waals surface area contributed by atoms with E-state index in [0.29, 0.717) is 13.2 Å². The molecule has 1 heterocycles. The maximum Gasteiger partial charge on any atom is 0.234 e. The van der Waals surface area contributed by atoms with Crippen LogP contribution in [0.2, 0.25) is 0 Å². The quantitative estimate of drug-likeness (QED) is 0.581. The largest absolute Gasteiger partial charge is 0.383 e. The van der Waals surface area contributed by atoms with Crippen molar-refractivity contribution in [3.8, 4) is 0 Å². The molecule has 1 aliphatic rings. The molecule has 0 aliphatic carbocycles. The molecule has 5 nitrogen and oxygen atoms in total. The van der Waals surface area contributed by atoms with E-state index in [9.17, 15) is 4.79 Å². The summed E-state index contributed by atoms with van der Waals surface area (Å²) in [6.07, 6.45) is 2.63. The average Bonchev–Trinajstić information content (AvgIpc) is 2.77. The fraction of sp³-hybridized carbons (Fsp3) is 0.917. The molecule has 0 bridgehead atoms. The lowest BCUT2D eigenvalue weighted by atomic mass is 10.3. The zero-order valence-electron chi connectivity index (χ0n) is 11.0. The van der Waals surface area contributed by atoms with Crippen LogP contribution in [0.4, 0.5) is 0 Å². The maximum absolute atomic E-state index is 11.5. The van der Waals surface area contributed by atoms with Gasteiger partial charge in [-0.2, -0.15) is 0 Å². The van der Waals surface area contributed by atoms with E-state index in [-0.39, 0.29) is 11.9 Å². The van der Waals surface area contributed by atoms with Crippen molar-refractivity contribution >= 4 is 5.91 Å². The number of likely N-dealkylation sites (tertiary alicyclic amines) is 1. The Morgan fingerprint density at radius 2 is 2.12 bits per heavy atom. The van der Waals surface area contributed by atoms with E-state index in [0.717, 1.165) is 13.1 Å². The van der Waals surface area contributed by atoms with Gasteiger partial charge in [-0.1, -0.05) is 0 Å². The normalized spacial score (nSPS) is 18.2. The number of carbonyl (C=O) groups excluding carboxylic acids is 1. The molecule has 1 rings (SSSR count). The van der Waals surface area contributed by atoms with Crippen molar-refractivity contribution < 1.29 is 9.53 Å². The van der Waals surface area contributed by atoms with Crippen LogP contribution in [0, 0.1) is 0 Å². The van der Waals surface area contributed by atoms with E-state index in [4.69, 9.17) is 4.74 Å². The van der Waals surface area contributed by atoms with E-state index in [1.807, 2.05) is 6.92 Å². The minimum Gasteiger partial charge on any atom is -0.383 e. The first-order chi connectivity index (χ1) is 8.22. The van der Waals surface area contributed by atoms with Gasteiger partial charge in [-0.3, -0.25) is 4.79 Å². The second kappa shape index (κ2) is 8.44. The van der Waals surface area contributed by atoms with Crippen molar-refractivity contribution in [1.29, 1.82) is 0 Å². The number of hydrogen-bond acceptors (Lipinski definition) is 4. The summed E-state index contributed by atoms with van der Waals surface area (Å²) >= 11 is 0. The van der Waals surface area contributed by atoms with Crippen molar-refractivity contribution in [2.24, 2.45) is 0 Å². The number of ether oxygens (including phenoxy) is 1. The first-order valence-electron chi connectivity index (χ1n) is 6.43. The molecule has 1 atom stereocenters. The van der Waals surface area contributed by atoms with E-state index in [2.05, 4.69) is 15.5 Å². The van der Waals surface area contributed by atoms with Gasteiger partial charge in [-0.05, 0) is 32.9 Å². The molecule has 2 N–H and O–H groups in total. The number of nitrogens with zero attached hydrogens (tertiary/aromatic N) is 1. The molecule has 1 fully saturated rings. The SMILES string of the molecule is COCC(C)NC(=O)CNCCN1CCCC1. The number of methoxy groups -OCH3 is 1. The first-order valence-corrected chi connectivity index (χ1v) is 6.43. The van der Waals surface area contributed by atoms with Crippen LogP contribution >= 0.6 is 0 Å². The Labute approximate surface area is 104 Å². The predicted molar refractivity (Wildman–Crippen MR) is 68.0 cm³/mol. The van der Waals surface area contributed by atoms with Gasteiger partial charge in [0.05, 0.1) is 13.2 Å². The maximum atomic E-state index is 11.5. The number of hydrogen-bond donors (Lipinski definition) is 2. The molecule has 1 amide bonds. The van der Waals surface area contributed by atoms with Gasteiger partial charge in [-0.25, -0.2) is 0 Å². The van der Waals surface area contributed by atoms with Crippen LogP contribution in [-0.2, 0) is 9.53 Å². The fourth-order valence-electron chi connectivity index (χ4n) is 2.06. The smallest absolute Gasteiger partial charge is 0.234 e. The van der Waals surface area contributed by atoms with Crippen molar-refractivity contribution in [2.45, 2.75) is 25.8 Å². The minimum absolute atomic E-state index is 0.0379. The van der Waals surface area contributed by atoms with Crippen LogP contribution < -0.4 is 10.6 Å². The molecular weight excluding hydrogens is 218 g/mol. The van der Waals surface area contributed by atoms with Crippen LogP contribution in [0.5, 0.6) is 0 Å². The number of rotatable bonds is 8. The highest BCUT2D eigenvalue weighted by Crippen LogP contribution is 2.05. The van der Waals surface area contributed by atoms with Crippen molar-refractivity contribution in [2.75, 3.05) is 46.4 Å². The van der Waals surface area contributed by atoms with Crippen LogP contribution in [0.1, 0.15) is 19.8 Å². The molecule has 0 aromatic heterocycles. The Kier molecular flexibility index (Phi) is 7.16. The third-order valence-corrected chi connectivity index (χ3v) is 2.91. The zero-order chi connectivity index (χ0) is 12.5. The predicted octanol–water partition coefficient (Wildman–Crippen LogP) is -0.177. The van der Waals surface area contributed by atoms with Crippen molar-refractivity contribution in [1.82, 2.24) is 15.5 Å². The Bertz CT molecular complexity index is 218. The van der Waals surface area contributed by atoms with Gasteiger partial charge in [0.2, 0.25) is 5.91 Å². The van der Waals surface area contributed by atoms with E-state index in [1.54, 1.807) is 7.11 Å². The van der Waals surface area contributed by atoms with Gasteiger partial charge >= 0.3 is 0 Å². The lowest BCUT2D eigenvalue weighted by Crippen LogP contribution is -2.42. The highest BCUT2D eigenvalue weighted by molar-refractivity contribution is 5.78. The molecule has 0 aromatic carbocycles. The minimum atomic E-state index is 0.0379. The summed E-state index contributed by atoms with van der Waals surface area (Å²) in [5, 5.41) is 6.03.